The summed E-state index contributed by atoms with van der Waals surface area (Å²) in [6, 6.07) is 44.9. The highest BCUT2D eigenvalue weighted by molar-refractivity contribution is 7.92. The molecule has 334 valence electrons. The monoisotopic (exact) mass is 948 g/mol. The van der Waals surface area contributed by atoms with Gasteiger partial charge < -0.3 is 0 Å². The molecule has 0 saturated carbocycles. The Morgan fingerprint density at radius 2 is 0.754 bits per heavy atom. The number of hydrogen-bond donors (Lipinski definition) is 2. The Morgan fingerprint density at radius 3 is 1.08 bits per heavy atom. The number of nitrogens with zero attached hydrogens (tertiary/aromatic N) is 4. The van der Waals surface area contributed by atoms with Gasteiger partial charge in [0.25, 0.3) is 0 Å². The van der Waals surface area contributed by atoms with Gasteiger partial charge in [0.05, 0.1) is 35.3 Å². The van der Waals surface area contributed by atoms with E-state index in [4.69, 9.17) is 11.6 Å². The van der Waals surface area contributed by atoms with Crippen molar-refractivity contribution in [2.75, 3.05) is 22.0 Å². The van der Waals surface area contributed by atoms with E-state index >= 15 is 0 Å². The van der Waals surface area contributed by atoms with Crippen molar-refractivity contribution in [2.45, 2.75) is 12.4 Å². The molecule has 65 heavy (non-hydrogen) atoms. The Balaban J connectivity index is 0.000000194. The van der Waals surface area contributed by atoms with Crippen LogP contribution in [0.15, 0.2) is 164 Å². The largest absolute Gasteiger partial charge is 0.435 e. The maximum Gasteiger partial charge on any atom is 0.435 e. The smallest absolute Gasteiger partial charge is 0.284 e. The lowest BCUT2D eigenvalue weighted by Gasteiger charge is -2.10. The summed E-state index contributed by atoms with van der Waals surface area (Å²) < 4.78 is 133. The number of hydrogen-bond acceptors (Lipinski definition) is 6. The second-order valence-corrected chi connectivity index (χ2v) is 18.5. The first-order valence-corrected chi connectivity index (χ1v) is 23.3. The van der Waals surface area contributed by atoms with Gasteiger partial charge in [0.1, 0.15) is 0 Å². The average Bonchev–Trinajstić information content (AvgIpc) is 3.92. The van der Waals surface area contributed by atoms with E-state index < -0.39 is 43.8 Å². The van der Waals surface area contributed by atoms with Crippen LogP contribution >= 0.6 is 11.6 Å². The van der Waals surface area contributed by atoms with Crippen LogP contribution in [0.25, 0.3) is 56.1 Å². The van der Waals surface area contributed by atoms with Crippen molar-refractivity contribution < 1.29 is 43.2 Å². The van der Waals surface area contributed by atoms with E-state index in [9.17, 15) is 43.2 Å². The maximum atomic E-state index is 13.4. The molecule has 0 radical (unpaired) electrons. The molecule has 0 aliphatic heterocycles. The molecule has 0 amide bonds. The van der Waals surface area contributed by atoms with Crippen LogP contribution in [0.2, 0.25) is 5.02 Å². The molecule has 8 rings (SSSR count). The van der Waals surface area contributed by atoms with Gasteiger partial charge in [0.15, 0.2) is 11.4 Å². The Labute approximate surface area is 374 Å². The van der Waals surface area contributed by atoms with Crippen LogP contribution in [-0.4, -0.2) is 48.9 Å². The van der Waals surface area contributed by atoms with E-state index in [2.05, 4.69) is 19.6 Å². The van der Waals surface area contributed by atoms with Crippen LogP contribution in [-0.2, 0) is 32.4 Å². The van der Waals surface area contributed by atoms with Crippen LogP contribution in [0.3, 0.4) is 0 Å². The quantitative estimate of drug-likeness (QED) is 0.131. The topological polar surface area (TPSA) is 128 Å². The molecule has 0 atom stereocenters. The molecule has 0 fully saturated rings. The first-order chi connectivity index (χ1) is 30.6. The molecule has 0 unspecified atom stereocenters. The normalized spacial score (nSPS) is 12.0. The minimum Gasteiger partial charge on any atom is -0.284 e. The predicted octanol–water partition coefficient (Wildman–Crippen LogP) is 11.8. The molecule has 2 aromatic heterocycles. The molecule has 0 aliphatic rings. The van der Waals surface area contributed by atoms with Gasteiger partial charge in [-0.2, -0.15) is 36.5 Å². The summed E-state index contributed by atoms with van der Waals surface area (Å²) in [7, 11) is -6.95. The number of alkyl halides is 6. The number of halogens is 7. The third kappa shape index (κ3) is 11.8. The zero-order valence-electron chi connectivity index (χ0n) is 34.0. The van der Waals surface area contributed by atoms with Crippen molar-refractivity contribution in [1.82, 2.24) is 19.6 Å². The van der Waals surface area contributed by atoms with Crippen molar-refractivity contribution in [3.63, 3.8) is 0 Å². The molecule has 2 N–H and O–H groups in total. The fourth-order valence-electron chi connectivity index (χ4n) is 6.55. The summed E-state index contributed by atoms with van der Waals surface area (Å²) in [6.45, 7) is 0. The summed E-state index contributed by atoms with van der Waals surface area (Å²) in [6.07, 6.45) is -7.21. The van der Waals surface area contributed by atoms with Crippen molar-refractivity contribution in [1.29, 1.82) is 0 Å². The first kappa shape index (κ1) is 46.1. The van der Waals surface area contributed by atoms with Crippen LogP contribution in [0.1, 0.15) is 11.4 Å². The Hall–Kier alpha value is -6.89. The molecule has 2 heterocycles. The van der Waals surface area contributed by atoms with Gasteiger partial charge in [-0.3, -0.25) is 9.44 Å². The Morgan fingerprint density at radius 1 is 0.446 bits per heavy atom. The Kier molecular flexibility index (Phi) is 13.0. The van der Waals surface area contributed by atoms with Crippen LogP contribution in [0.5, 0.6) is 0 Å². The van der Waals surface area contributed by atoms with Crippen molar-refractivity contribution in [3.05, 3.63) is 180 Å². The van der Waals surface area contributed by atoms with E-state index in [1.165, 1.54) is 57.9 Å². The summed E-state index contributed by atoms with van der Waals surface area (Å²) in [5, 5.41) is 8.13. The number of aromatic nitrogens is 4. The third-order valence-corrected chi connectivity index (χ3v) is 10.9. The minimum atomic E-state index is -4.62. The molecule has 8 aromatic rings. The van der Waals surface area contributed by atoms with Crippen molar-refractivity contribution >= 4 is 43.0 Å². The number of nitrogens with one attached hydrogen (secondary N) is 2. The predicted molar refractivity (Wildman–Crippen MR) is 241 cm³/mol. The molecular weight excluding hydrogens is 914 g/mol. The maximum absolute atomic E-state index is 13.4. The minimum absolute atomic E-state index is 0.244. The average molecular weight is 949 g/mol. The number of sulfonamides is 2. The molecule has 0 saturated heterocycles. The molecule has 0 aliphatic carbocycles. The zero-order valence-corrected chi connectivity index (χ0v) is 36.4. The van der Waals surface area contributed by atoms with Gasteiger partial charge in [0.2, 0.25) is 20.0 Å². The van der Waals surface area contributed by atoms with E-state index in [1.807, 2.05) is 66.7 Å². The van der Waals surface area contributed by atoms with Crippen molar-refractivity contribution in [3.8, 4) is 56.1 Å². The van der Waals surface area contributed by atoms with Gasteiger partial charge in [0, 0.05) is 27.5 Å². The summed E-state index contributed by atoms with van der Waals surface area (Å²) in [5.74, 6) is 0. The highest BCUT2D eigenvalue weighted by atomic mass is 35.5. The van der Waals surface area contributed by atoms with Crippen LogP contribution in [0.4, 0.5) is 37.7 Å². The van der Waals surface area contributed by atoms with Crippen LogP contribution < -0.4 is 9.44 Å². The summed E-state index contributed by atoms with van der Waals surface area (Å²) >= 11 is 5.93. The highest BCUT2D eigenvalue weighted by Crippen LogP contribution is 2.36. The van der Waals surface area contributed by atoms with E-state index in [-0.39, 0.29) is 11.4 Å². The highest BCUT2D eigenvalue weighted by Gasteiger charge is 2.36. The van der Waals surface area contributed by atoms with Gasteiger partial charge >= 0.3 is 12.4 Å². The fraction of sp³-hybridized carbons (Fsp3) is 0.0870. The molecule has 10 nitrogen and oxygen atoms in total. The zero-order chi connectivity index (χ0) is 46.7. The third-order valence-electron chi connectivity index (χ3n) is 9.48. The van der Waals surface area contributed by atoms with Gasteiger partial charge in [-0.05, 0) is 95.1 Å². The first-order valence-electron chi connectivity index (χ1n) is 19.1. The van der Waals surface area contributed by atoms with E-state index in [0.717, 1.165) is 46.9 Å². The Bertz CT molecular complexity index is 3140. The second-order valence-electron chi connectivity index (χ2n) is 14.5. The lowest BCUT2D eigenvalue weighted by molar-refractivity contribution is -0.142. The van der Waals surface area contributed by atoms with Gasteiger partial charge in [-0.25, -0.2) is 26.2 Å². The van der Waals surface area contributed by atoms with Gasteiger partial charge in [-0.1, -0.05) is 103 Å². The molecular formula is C46H35ClF6N6O4S2. The van der Waals surface area contributed by atoms with Gasteiger partial charge in [-0.15, -0.1) is 0 Å². The second kappa shape index (κ2) is 18.3. The van der Waals surface area contributed by atoms with Crippen LogP contribution in [0, 0.1) is 0 Å². The van der Waals surface area contributed by atoms with E-state index in [1.54, 1.807) is 36.4 Å². The number of benzene rings is 6. The van der Waals surface area contributed by atoms with Crippen molar-refractivity contribution in [2.24, 2.45) is 0 Å². The standard InChI is InChI=1S/C23H17ClF3N3O2S.C23H18F3N3O2S/c1-33(31,32)29-19-10-12-20(13-11-19)30-21(14-22(28-30)23(25,26)27)17-4-2-15(3-5-17)16-6-8-18(24)9-7-16;1-32(30,31)28-19-11-13-20(14-12-19)29-21(15-22(27-29)23(24,25)26)18-9-7-17(8-10-18)16-5-3-2-4-6-16/h2-14,29H,1H3;2-15,28H,1H3. The SMILES string of the molecule is CS(=O)(=O)Nc1ccc(-n2nc(C(F)(F)F)cc2-c2ccc(-c3ccc(Cl)cc3)cc2)cc1.CS(=O)(=O)Nc1ccc(-n2nc(C(F)(F)F)cc2-c2ccc(-c3ccccc3)cc2)cc1. The lowest BCUT2D eigenvalue weighted by Crippen LogP contribution is -2.10. The molecule has 0 bridgehead atoms. The number of rotatable bonds is 10. The number of anilines is 2. The summed E-state index contributed by atoms with van der Waals surface area (Å²) in [4.78, 5) is 0. The molecule has 19 heteroatoms. The fourth-order valence-corrected chi connectivity index (χ4v) is 7.81. The summed E-state index contributed by atoms with van der Waals surface area (Å²) in [5.41, 5.74) is 4.60. The lowest BCUT2D eigenvalue weighted by atomic mass is 10.0. The van der Waals surface area contributed by atoms with E-state index in [0.29, 0.717) is 38.9 Å². The molecule has 6 aromatic carbocycles. The molecule has 0 spiro atoms.